The first kappa shape index (κ1) is 22.2. The van der Waals surface area contributed by atoms with Gasteiger partial charge in [0.25, 0.3) is 0 Å². The van der Waals surface area contributed by atoms with E-state index in [1.807, 2.05) is 24.3 Å². The molecule has 0 radical (unpaired) electrons. The Morgan fingerprint density at radius 2 is 1.78 bits per heavy atom. The topological polar surface area (TPSA) is 80.5 Å². The number of carbonyl (C=O) groups is 1. The number of aromatic nitrogens is 2. The van der Waals surface area contributed by atoms with Crippen molar-refractivity contribution < 1.29 is 14.1 Å². The van der Waals surface area contributed by atoms with E-state index in [2.05, 4.69) is 58.5 Å². The summed E-state index contributed by atoms with van der Waals surface area (Å²) in [6, 6.07) is 16.2. The first-order valence-corrected chi connectivity index (χ1v) is 11.2. The number of rotatable bonds is 8. The number of benzene rings is 2. The number of hydrogen-bond acceptors (Lipinski definition) is 6. The zero-order valence-corrected chi connectivity index (χ0v) is 18.7. The SMILES string of the molecule is CC(C)c1ccc(-c2noc(CCC(=O)Nc3ccc(CN4CCOCC4)cc3)n2)cc1. The van der Waals surface area contributed by atoms with Gasteiger partial charge < -0.3 is 14.6 Å². The molecule has 2 aromatic carbocycles. The van der Waals surface area contributed by atoms with Gasteiger partial charge in [0.1, 0.15) is 0 Å². The quantitative estimate of drug-likeness (QED) is 0.570. The number of nitrogens with zero attached hydrogens (tertiary/aromatic N) is 3. The van der Waals surface area contributed by atoms with Crippen molar-refractivity contribution in [2.24, 2.45) is 0 Å². The van der Waals surface area contributed by atoms with Crippen LogP contribution in [-0.4, -0.2) is 47.3 Å². The molecular formula is C25H30N4O3. The lowest BCUT2D eigenvalue weighted by Crippen LogP contribution is -2.35. The molecule has 1 amide bonds. The van der Waals surface area contributed by atoms with Crippen molar-refractivity contribution >= 4 is 11.6 Å². The fraction of sp³-hybridized carbons (Fsp3) is 0.400. The predicted octanol–water partition coefficient (Wildman–Crippen LogP) is 4.26. The van der Waals surface area contributed by atoms with Crippen LogP contribution in [0.5, 0.6) is 0 Å². The molecule has 32 heavy (non-hydrogen) atoms. The molecule has 0 spiro atoms. The molecule has 0 bridgehead atoms. The van der Waals surface area contributed by atoms with Gasteiger partial charge in [-0.3, -0.25) is 9.69 Å². The Morgan fingerprint density at radius 1 is 1.06 bits per heavy atom. The molecular weight excluding hydrogens is 404 g/mol. The van der Waals surface area contributed by atoms with Crippen LogP contribution in [-0.2, 0) is 22.5 Å². The van der Waals surface area contributed by atoms with E-state index in [1.54, 1.807) is 0 Å². The second-order valence-electron chi connectivity index (χ2n) is 8.42. The van der Waals surface area contributed by atoms with Crippen LogP contribution in [0.3, 0.4) is 0 Å². The fourth-order valence-corrected chi connectivity index (χ4v) is 3.65. The van der Waals surface area contributed by atoms with Gasteiger partial charge in [0.15, 0.2) is 0 Å². The molecule has 1 aromatic heterocycles. The average Bonchev–Trinajstić information content (AvgIpc) is 3.29. The van der Waals surface area contributed by atoms with Crippen LogP contribution in [0.4, 0.5) is 5.69 Å². The maximum Gasteiger partial charge on any atom is 0.227 e. The van der Waals surface area contributed by atoms with E-state index in [-0.39, 0.29) is 12.3 Å². The van der Waals surface area contributed by atoms with Crippen LogP contribution in [0.15, 0.2) is 53.1 Å². The van der Waals surface area contributed by atoms with E-state index >= 15 is 0 Å². The molecule has 7 heteroatoms. The van der Waals surface area contributed by atoms with Crippen LogP contribution in [0.25, 0.3) is 11.4 Å². The molecule has 0 saturated carbocycles. The molecule has 4 rings (SSSR count). The highest BCUT2D eigenvalue weighted by molar-refractivity contribution is 5.90. The number of carbonyl (C=O) groups excluding carboxylic acids is 1. The lowest BCUT2D eigenvalue weighted by Gasteiger charge is -2.26. The van der Waals surface area contributed by atoms with Gasteiger partial charge in [-0.15, -0.1) is 0 Å². The van der Waals surface area contributed by atoms with Gasteiger partial charge in [-0.2, -0.15) is 4.98 Å². The zero-order chi connectivity index (χ0) is 22.3. The van der Waals surface area contributed by atoms with Gasteiger partial charge in [-0.05, 0) is 29.2 Å². The molecule has 1 saturated heterocycles. The standard InChI is InChI=1S/C25H30N4O3/c1-18(2)20-5-7-21(8-6-20)25-27-24(32-28-25)12-11-23(30)26-22-9-3-19(4-10-22)17-29-13-15-31-16-14-29/h3-10,18H,11-17H2,1-2H3,(H,26,30). The van der Waals surface area contributed by atoms with Gasteiger partial charge in [0.05, 0.1) is 13.2 Å². The molecule has 168 valence electrons. The highest BCUT2D eigenvalue weighted by Gasteiger charge is 2.13. The van der Waals surface area contributed by atoms with E-state index in [0.717, 1.165) is 44.1 Å². The highest BCUT2D eigenvalue weighted by Crippen LogP contribution is 2.21. The Balaban J connectivity index is 1.25. The van der Waals surface area contributed by atoms with Crippen LogP contribution >= 0.6 is 0 Å². The van der Waals surface area contributed by atoms with E-state index in [9.17, 15) is 4.79 Å². The Hall–Kier alpha value is -3.03. The summed E-state index contributed by atoms with van der Waals surface area (Å²) in [5.41, 5.74) is 4.19. The third kappa shape index (κ3) is 6.02. The first-order valence-electron chi connectivity index (χ1n) is 11.2. The summed E-state index contributed by atoms with van der Waals surface area (Å²) in [4.78, 5) is 19.1. The van der Waals surface area contributed by atoms with E-state index in [1.165, 1.54) is 11.1 Å². The normalized spacial score (nSPS) is 14.6. The van der Waals surface area contributed by atoms with E-state index in [0.29, 0.717) is 24.1 Å². The number of ether oxygens (including phenoxy) is 1. The number of amides is 1. The molecule has 2 heterocycles. The van der Waals surface area contributed by atoms with Crippen LogP contribution in [0.1, 0.15) is 43.2 Å². The van der Waals surface area contributed by atoms with Gasteiger partial charge in [-0.25, -0.2) is 0 Å². The highest BCUT2D eigenvalue weighted by atomic mass is 16.5. The Kier molecular flexibility index (Phi) is 7.29. The number of anilines is 1. The number of nitrogens with one attached hydrogen (secondary N) is 1. The fourth-order valence-electron chi connectivity index (χ4n) is 3.65. The molecule has 0 aliphatic carbocycles. The summed E-state index contributed by atoms with van der Waals surface area (Å²) in [6.45, 7) is 8.72. The minimum absolute atomic E-state index is 0.0769. The molecule has 7 nitrogen and oxygen atoms in total. The Morgan fingerprint density at radius 3 is 2.47 bits per heavy atom. The lowest BCUT2D eigenvalue weighted by molar-refractivity contribution is -0.116. The monoisotopic (exact) mass is 434 g/mol. The maximum atomic E-state index is 12.3. The molecule has 1 aliphatic heterocycles. The molecule has 3 aromatic rings. The number of hydrogen-bond donors (Lipinski definition) is 1. The van der Waals surface area contributed by atoms with Gasteiger partial charge in [-0.1, -0.05) is 55.4 Å². The summed E-state index contributed by atoms with van der Waals surface area (Å²) in [7, 11) is 0. The molecule has 1 fully saturated rings. The van der Waals surface area contributed by atoms with Crippen molar-refractivity contribution in [1.29, 1.82) is 0 Å². The zero-order valence-electron chi connectivity index (χ0n) is 18.7. The number of aryl methyl sites for hydroxylation is 1. The van der Waals surface area contributed by atoms with Gasteiger partial charge >= 0.3 is 0 Å². The molecule has 1 N–H and O–H groups in total. The van der Waals surface area contributed by atoms with Crippen LogP contribution in [0, 0.1) is 0 Å². The summed E-state index contributed by atoms with van der Waals surface area (Å²) >= 11 is 0. The van der Waals surface area contributed by atoms with Crippen molar-refractivity contribution in [1.82, 2.24) is 15.0 Å². The number of morpholine rings is 1. The molecule has 0 unspecified atom stereocenters. The smallest absolute Gasteiger partial charge is 0.227 e. The largest absolute Gasteiger partial charge is 0.379 e. The average molecular weight is 435 g/mol. The van der Waals surface area contributed by atoms with Crippen molar-refractivity contribution in [3.05, 3.63) is 65.5 Å². The third-order valence-corrected chi connectivity index (χ3v) is 5.62. The summed E-state index contributed by atoms with van der Waals surface area (Å²) in [5.74, 6) is 1.41. The second-order valence-corrected chi connectivity index (χ2v) is 8.42. The van der Waals surface area contributed by atoms with E-state index in [4.69, 9.17) is 9.26 Å². The summed E-state index contributed by atoms with van der Waals surface area (Å²) in [6.07, 6.45) is 0.682. The van der Waals surface area contributed by atoms with E-state index < -0.39 is 0 Å². The van der Waals surface area contributed by atoms with Crippen molar-refractivity contribution in [2.45, 2.75) is 39.2 Å². The van der Waals surface area contributed by atoms with Gasteiger partial charge in [0, 0.05) is 43.7 Å². The predicted molar refractivity (Wildman–Crippen MR) is 123 cm³/mol. The summed E-state index contributed by atoms with van der Waals surface area (Å²) < 4.78 is 10.7. The second kappa shape index (κ2) is 10.5. The Bertz CT molecular complexity index is 1010. The van der Waals surface area contributed by atoms with Gasteiger partial charge in [0.2, 0.25) is 17.6 Å². The Labute approximate surface area is 188 Å². The minimum Gasteiger partial charge on any atom is -0.379 e. The molecule has 0 atom stereocenters. The van der Waals surface area contributed by atoms with Crippen molar-refractivity contribution in [3.8, 4) is 11.4 Å². The van der Waals surface area contributed by atoms with Crippen LogP contribution < -0.4 is 5.32 Å². The first-order chi connectivity index (χ1) is 15.6. The molecule has 1 aliphatic rings. The van der Waals surface area contributed by atoms with Crippen molar-refractivity contribution in [2.75, 3.05) is 31.6 Å². The lowest BCUT2D eigenvalue weighted by atomic mass is 10.0. The minimum atomic E-state index is -0.0769. The third-order valence-electron chi connectivity index (χ3n) is 5.62. The van der Waals surface area contributed by atoms with Crippen molar-refractivity contribution in [3.63, 3.8) is 0 Å². The maximum absolute atomic E-state index is 12.3. The van der Waals surface area contributed by atoms with Crippen LogP contribution in [0.2, 0.25) is 0 Å². The summed E-state index contributed by atoms with van der Waals surface area (Å²) in [5, 5.41) is 6.99.